The van der Waals surface area contributed by atoms with Crippen LogP contribution >= 0.6 is 0 Å². The Kier molecular flexibility index (Phi) is 6.49. The van der Waals surface area contributed by atoms with E-state index in [4.69, 9.17) is 4.74 Å². The normalized spacial score (nSPS) is 24.0. The minimum atomic E-state index is -0.409. The van der Waals surface area contributed by atoms with Gasteiger partial charge >= 0.3 is 0 Å². The molecule has 0 aromatic heterocycles. The first-order valence-electron chi connectivity index (χ1n) is 9.15. The van der Waals surface area contributed by atoms with Crippen LogP contribution in [0, 0.1) is 6.92 Å². The van der Waals surface area contributed by atoms with Crippen molar-refractivity contribution in [3.05, 3.63) is 29.3 Å². The monoisotopic (exact) mass is 320 g/mol. The van der Waals surface area contributed by atoms with Gasteiger partial charge in [-0.05, 0) is 63.1 Å². The molecule has 1 fully saturated rings. The third-order valence-corrected chi connectivity index (χ3v) is 5.23. The number of likely N-dealkylation sites (tertiary alicyclic amines) is 1. The zero-order valence-corrected chi connectivity index (χ0v) is 15.4. The number of nitrogens with one attached hydrogen (secondary N) is 1. The van der Waals surface area contributed by atoms with Gasteiger partial charge in [0.1, 0.15) is 25.0 Å². The lowest BCUT2D eigenvalue weighted by atomic mass is 9.97. The molecule has 1 aliphatic rings. The predicted octanol–water partition coefficient (Wildman–Crippen LogP) is 2.70. The SMILES string of the molecule is Cc1ccc(C(C)C)c(OC[C@@H](O)C[NH+]2[C@@H](C)CCC[C@@H]2C)c1. The number of hydrogen-bond donors (Lipinski definition) is 2. The topological polar surface area (TPSA) is 33.9 Å². The summed E-state index contributed by atoms with van der Waals surface area (Å²) in [6.45, 7) is 12.2. The van der Waals surface area contributed by atoms with Gasteiger partial charge in [0.05, 0.1) is 12.1 Å². The molecule has 23 heavy (non-hydrogen) atoms. The van der Waals surface area contributed by atoms with E-state index in [0.29, 0.717) is 24.6 Å². The molecule has 2 rings (SSSR count). The molecular formula is C20H34NO2+. The second kappa shape index (κ2) is 8.16. The Morgan fingerprint density at radius 3 is 2.48 bits per heavy atom. The highest BCUT2D eigenvalue weighted by Gasteiger charge is 2.30. The van der Waals surface area contributed by atoms with Crippen molar-refractivity contribution in [1.82, 2.24) is 0 Å². The maximum Gasteiger partial charge on any atom is 0.137 e. The molecule has 0 unspecified atom stereocenters. The van der Waals surface area contributed by atoms with Gasteiger partial charge in [-0.3, -0.25) is 0 Å². The third-order valence-electron chi connectivity index (χ3n) is 5.23. The Morgan fingerprint density at radius 2 is 1.87 bits per heavy atom. The van der Waals surface area contributed by atoms with Gasteiger partial charge in [0.2, 0.25) is 0 Å². The minimum absolute atomic E-state index is 0.381. The number of rotatable bonds is 6. The zero-order chi connectivity index (χ0) is 17.0. The average Bonchev–Trinajstić information content (AvgIpc) is 2.49. The molecule has 0 spiro atoms. The molecule has 3 heteroatoms. The van der Waals surface area contributed by atoms with Crippen molar-refractivity contribution in [2.24, 2.45) is 0 Å². The number of hydrogen-bond acceptors (Lipinski definition) is 2. The first kappa shape index (κ1) is 18.3. The average molecular weight is 320 g/mol. The first-order chi connectivity index (χ1) is 10.9. The van der Waals surface area contributed by atoms with Crippen molar-refractivity contribution in [3.8, 4) is 5.75 Å². The highest BCUT2D eigenvalue weighted by Crippen LogP contribution is 2.27. The number of aliphatic hydroxyl groups is 1. The van der Waals surface area contributed by atoms with Gasteiger partial charge < -0.3 is 14.7 Å². The van der Waals surface area contributed by atoms with Crippen molar-refractivity contribution < 1.29 is 14.7 Å². The molecule has 0 radical (unpaired) electrons. The predicted molar refractivity (Wildman–Crippen MR) is 95.4 cm³/mol. The van der Waals surface area contributed by atoms with Crippen LogP contribution in [0.3, 0.4) is 0 Å². The first-order valence-corrected chi connectivity index (χ1v) is 9.15. The number of aliphatic hydroxyl groups excluding tert-OH is 1. The maximum absolute atomic E-state index is 10.5. The standard InChI is InChI=1S/C20H33NO2/c1-14(2)19-10-9-15(3)11-20(19)23-13-18(22)12-21-16(4)7-6-8-17(21)5/h9-11,14,16-18,22H,6-8,12-13H2,1-5H3/p+1/t16-,17-,18-/m0/s1. The molecular weight excluding hydrogens is 286 g/mol. The van der Waals surface area contributed by atoms with Crippen molar-refractivity contribution >= 4 is 0 Å². The summed E-state index contributed by atoms with van der Waals surface area (Å²) in [6, 6.07) is 7.63. The van der Waals surface area contributed by atoms with E-state index in [-0.39, 0.29) is 0 Å². The van der Waals surface area contributed by atoms with Crippen LogP contribution in [0.2, 0.25) is 0 Å². The summed E-state index contributed by atoms with van der Waals surface area (Å²) in [5, 5.41) is 10.5. The quantitative estimate of drug-likeness (QED) is 0.845. The van der Waals surface area contributed by atoms with Gasteiger partial charge in [-0.25, -0.2) is 0 Å². The number of benzene rings is 1. The van der Waals surface area contributed by atoms with Crippen molar-refractivity contribution in [2.75, 3.05) is 13.2 Å². The van der Waals surface area contributed by atoms with Crippen molar-refractivity contribution in [2.45, 2.75) is 78.0 Å². The molecule has 130 valence electrons. The Balaban J connectivity index is 1.94. The summed E-state index contributed by atoms with van der Waals surface area (Å²) in [5.74, 6) is 1.35. The molecule has 0 amide bonds. The summed E-state index contributed by atoms with van der Waals surface area (Å²) >= 11 is 0. The van der Waals surface area contributed by atoms with Gasteiger partial charge in [0.25, 0.3) is 0 Å². The highest BCUT2D eigenvalue weighted by atomic mass is 16.5. The zero-order valence-electron chi connectivity index (χ0n) is 15.4. The molecule has 0 aliphatic carbocycles. The van der Waals surface area contributed by atoms with E-state index in [1.165, 1.54) is 35.3 Å². The third kappa shape index (κ3) is 4.95. The summed E-state index contributed by atoms with van der Waals surface area (Å²) in [4.78, 5) is 1.53. The van der Waals surface area contributed by atoms with Crippen molar-refractivity contribution in [3.63, 3.8) is 0 Å². The second-order valence-electron chi connectivity index (χ2n) is 7.67. The van der Waals surface area contributed by atoms with E-state index >= 15 is 0 Å². The van der Waals surface area contributed by atoms with E-state index in [2.05, 4.69) is 52.8 Å². The number of quaternary nitrogens is 1. The Bertz CT molecular complexity index is 490. The highest BCUT2D eigenvalue weighted by molar-refractivity contribution is 5.39. The van der Waals surface area contributed by atoms with E-state index in [1.54, 1.807) is 0 Å². The smallest absolute Gasteiger partial charge is 0.137 e. The molecule has 1 aromatic carbocycles. The molecule has 0 bridgehead atoms. The maximum atomic E-state index is 10.5. The lowest BCUT2D eigenvalue weighted by molar-refractivity contribution is -0.954. The lowest BCUT2D eigenvalue weighted by Gasteiger charge is -2.36. The minimum Gasteiger partial charge on any atom is -0.490 e. The van der Waals surface area contributed by atoms with Crippen LogP contribution in [0.15, 0.2) is 18.2 Å². The summed E-state index contributed by atoms with van der Waals surface area (Å²) in [7, 11) is 0. The van der Waals surface area contributed by atoms with Crippen LogP contribution in [0.1, 0.15) is 64.0 Å². The number of ether oxygens (including phenoxy) is 1. The molecule has 2 N–H and O–H groups in total. The fourth-order valence-electron chi connectivity index (χ4n) is 3.75. The van der Waals surface area contributed by atoms with Gasteiger partial charge in [-0.2, -0.15) is 0 Å². The van der Waals surface area contributed by atoms with Gasteiger partial charge in [-0.1, -0.05) is 26.0 Å². The summed E-state index contributed by atoms with van der Waals surface area (Å²) in [6.07, 6.45) is 3.44. The van der Waals surface area contributed by atoms with E-state index < -0.39 is 6.10 Å². The largest absolute Gasteiger partial charge is 0.490 e. The van der Waals surface area contributed by atoms with Crippen LogP contribution in [-0.2, 0) is 0 Å². The van der Waals surface area contributed by atoms with Crippen LogP contribution in [0.5, 0.6) is 5.75 Å². The van der Waals surface area contributed by atoms with Gasteiger partial charge in [0, 0.05) is 0 Å². The van der Waals surface area contributed by atoms with Crippen LogP contribution in [0.4, 0.5) is 0 Å². The molecule has 1 aliphatic heterocycles. The number of piperidine rings is 1. The van der Waals surface area contributed by atoms with Crippen LogP contribution < -0.4 is 9.64 Å². The second-order valence-corrected chi connectivity index (χ2v) is 7.67. The summed E-state index contributed by atoms with van der Waals surface area (Å²) in [5.41, 5.74) is 2.41. The van der Waals surface area contributed by atoms with Crippen molar-refractivity contribution in [1.29, 1.82) is 0 Å². The Labute approximate surface area is 141 Å². The van der Waals surface area contributed by atoms with E-state index in [0.717, 1.165) is 12.3 Å². The Hall–Kier alpha value is -1.06. The van der Waals surface area contributed by atoms with Gasteiger partial charge in [0.15, 0.2) is 0 Å². The van der Waals surface area contributed by atoms with Crippen LogP contribution in [-0.4, -0.2) is 36.4 Å². The fourth-order valence-corrected chi connectivity index (χ4v) is 3.75. The number of aryl methyl sites for hydroxylation is 1. The van der Waals surface area contributed by atoms with E-state index in [9.17, 15) is 5.11 Å². The molecule has 1 heterocycles. The van der Waals surface area contributed by atoms with Gasteiger partial charge in [-0.15, -0.1) is 0 Å². The summed E-state index contributed by atoms with van der Waals surface area (Å²) < 4.78 is 5.99. The molecule has 1 saturated heterocycles. The van der Waals surface area contributed by atoms with E-state index in [1.807, 2.05) is 0 Å². The molecule has 0 saturated carbocycles. The molecule has 3 nitrogen and oxygen atoms in total. The lowest BCUT2D eigenvalue weighted by Crippen LogP contribution is -3.20. The Morgan fingerprint density at radius 1 is 1.22 bits per heavy atom. The fraction of sp³-hybridized carbons (Fsp3) is 0.700. The van der Waals surface area contributed by atoms with Crippen LogP contribution in [0.25, 0.3) is 0 Å². The molecule has 3 atom stereocenters. The molecule has 1 aromatic rings.